The molecule has 2 N–H and O–H groups in total. The van der Waals surface area contributed by atoms with E-state index in [4.69, 9.17) is 21.7 Å². The number of carbonyl (C=O) groups excluding carboxylic acids is 1. The first-order chi connectivity index (χ1) is 11.0. The maximum absolute atomic E-state index is 11.7. The van der Waals surface area contributed by atoms with Crippen molar-refractivity contribution < 1.29 is 14.3 Å². The van der Waals surface area contributed by atoms with Gasteiger partial charge in [-0.3, -0.25) is 4.79 Å². The van der Waals surface area contributed by atoms with Crippen LogP contribution in [-0.2, 0) is 9.53 Å². The summed E-state index contributed by atoms with van der Waals surface area (Å²) in [5, 5.41) is 5.98. The third kappa shape index (κ3) is 6.54. The molecular weight excluding hydrogens is 312 g/mol. The minimum atomic E-state index is -0.0803. The molecule has 0 bridgehead atoms. The average molecular weight is 336 g/mol. The third-order valence-corrected chi connectivity index (χ3v) is 3.60. The van der Waals surface area contributed by atoms with Crippen molar-refractivity contribution in [2.45, 2.75) is 39.2 Å². The van der Waals surface area contributed by atoms with Crippen molar-refractivity contribution in [1.82, 2.24) is 5.32 Å². The highest BCUT2D eigenvalue weighted by atomic mass is 32.1. The molecule has 1 aliphatic rings. The summed E-state index contributed by atoms with van der Waals surface area (Å²) in [6, 6.07) is 7.50. The van der Waals surface area contributed by atoms with E-state index in [0.717, 1.165) is 30.9 Å². The molecular formula is C17H24N2O3S. The zero-order valence-corrected chi connectivity index (χ0v) is 14.4. The van der Waals surface area contributed by atoms with E-state index >= 15 is 0 Å². The first-order valence-corrected chi connectivity index (χ1v) is 8.39. The molecule has 1 saturated heterocycles. The molecule has 0 radical (unpaired) electrons. The van der Waals surface area contributed by atoms with Gasteiger partial charge in [-0.15, -0.1) is 0 Å². The van der Waals surface area contributed by atoms with Gasteiger partial charge in [0, 0.05) is 24.8 Å². The lowest BCUT2D eigenvalue weighted by Gasteiger charge is -2.14. The molecule has 0 spiro atoms. The van der Waals surface area contributed by atoms with Crippen molar-refractivity contribution in [3.8, 4) is 5.75 Å². The molecule has 6 heteroatoms. The Morgan fingerprint density at radius 3 is 3.00 bits per heavy atom. The molecule has 5 nitrogen and oxygen atoms in total. The minimum Gasteiger partial charge on any atom is -0.491 e. The Bertz CT molecular complexity index is 542. The van der Waals surface area contributed by atoms with Gasteiger partial charge in [0.05, 0.1) is 6.10 Å². The van der Waals surface area contributed by atoms with Gasteiger partial charge in [0.15, 0.2) is 5.11 Å². The fourth-order valence-corrected chi connectivity index (χ4v) is 2.57. The summed E-state index contributed by atoms with van der Waals surface area (Å²) in [4.78, 5) is 11.7. The zero-order chi connectivity index (χ0) is 16.7. The van der Waals surface area contributed by atoms with E-state index in [1.165, 1.54) is 0 Å². The summed E-state index contributed by atoms with van der Waals surface area (Å²) in [6.45, 7) is 5.36. The van der Waals surface area contributed by atoms with E-state index in [0.29, 0.717) is 24.1 Å². The van der Waals surface area contributed by atoms with Gasteiger partial charge in [0.1, 0.15) is 12.4 Å². The minimum absolute atomic E-state index is 0.0803. The number of hydrogen-bond donors (Lipinski definition) is 2. The van der Waals surface area contributed by atoms with E-state index in [1.807, 2.05) is 38.1 Å². The maximum atomic E-state index is 11.7. The Kier molecular flexibility index (Phi) is 6.80. The normalized spacial score (nSPS) is 17.1. The number of thiocarbonyl (C=S) groups is 1. The molecule has 1 aliphatic heterocycles. The van der Waals surface area contributed by atoms with Gasteiger partial charge in [0.25, 0.3) is 0 Å². The SMILES string of the molecule is CC(C)CC(=O)NC(=S)Nc1cccc(OCC2CCCO2)c1. The van der Waals surface area contributed by atoms with Crippen LogP contribution in [0.25, 0.3) is 0 Å². The lowest BCUT2D eigenvalue weighted by molar-refractivity contribution is -0.120. The summed E-state index contributed by atoms with van der Waals surface area (Å²) in [7, 11) is 0. The second-order valence-electron chi connectivity index (χ2n) is 6.07. The topological polar surface area (TPSA) is 59.6 Å². The molecule has 2 rings (SSSR count). The number of nitrogens with one attached hydrogen (secondary N) is 2. The largest absolute Gasteiger partial charge is 0.491 e. The molecule has 1 aromatic carbocycles. The van der Waals surface area contributed by atoms with Crippen LogP contribution in [-0.4, -0.2) is 30.3 Å². The highest BCUT2D eigenvalue weighted by molar-refractivity contribution is 7.80. The molecule has 126 valence electrons. The van der Waals surface area contributed by atoms with Gasteiger partial charge in [0.2, 0.25) is 5.91 Å². The maximum Gasteiger partial charge on any atom is 0.226 e. The van der Waals surface area contributed by atoms with Gasteiger partial charge >= 0.3 is 0 Å². The van der Waals surface area contributed by atoms with Crippen LogP contribution in [0.15, 0.2) is 24.3 Å². The average Bonchev–Trinajstić information content (AvgIpc) is 2.97. The van der Waals surface area contributed by atoms with E-state index in [-0.39, 0.29) is 12.0 Å². The van der Waals surface area contributed by atoms with Gasteiger partial charge < -0.3 is 20.1 Å². The lowest BCUT2D eigenvalue weighted by Crippen LogP contribution is -2.34. The van der Waals surface area contributed by atoms with Crippen LogP contribution in [0, 0.1) is 5.92 Å². The van der Waals surface area contributed by atoms with Crippen LogP contribution in [0.5, 0.6) is 5.75 Å². The first-order valence-electron chi connectivity index (χ1n) is 7.98. The van der Waals surface area contributed by atoms with Crippen molar-refractivity contribution in [3.05, 3.63) is 24.3 Å². The molecule has 23 heavy (non-hydrogen) atoms. The summed E-state index contributed by atoms with van der Waals surface area (Å²) >= 11 is 5.16. The summed E-state index contributed by atoms with van der Waals surface area (Å²) < 4.78 is 11.3. The standard InChI is InChI=1S/C17H24N2O3S/c1-12(2)9-16(20)19-17(23)18-13-5-3-6-14(10-13)22-11-15-7-4-8-21-15/h3,5-6,10,12,15H,4,7-9,11H2,1-2H3,(H2,18,19,20,23). The van der Waals surface area contributed by atoms with Crippen molar-refractivity contribution in [2.24, 2.45) is 5.92 Å². The first kappa shape index (κ1) is 17.7. The van der Waals surface area contributed by atoms with Crippen molar-refractivity contribution >= 4 is 28.9 Å². The van der Waals surface area contributed by atoms with E-state index in [2.05, 4.69) is 10.6 Å². The number of hydrogen-bond acceptors (Lipinski definition) is 4. The highest BCUT2D eigenvalue weighted by Gasteiger charge is 2.16. The second kappa shape index (κ2) is 8.84. The number of ether oxygens (including phenoxy) is 2. The van der Waals surface area contributed by atoms with Crippen molar-refractivity contribution in [1.29, 1.82) is 0 Å². The smallest absolute Gasteiger partial charge is 0.226 e. The number of anilines is 1. The van der Waals surface area contributed by atoms with Gasteiger partial charge in [-0.1, -0.05) is 19.9 Å². The molecule has 0 saturated carbocycles. The van der Waals surface area contributed by atoms with Gasteiger partial charge in [-0.05, 0) is 43.1 Å². The molecule has 0 aliphatic carbocycles. The van der Waals surface area contributed by atoms with Gasteiger partial charge in [-0.25, -0.2) is 0 Å². The van der Waals surface area contributed by atoms with E-state index in [1.54, 1.807) is 0 Å². The summed E-state index contributed by atoms with van der Waals surface area (Å²) in [5.41, 5.74) is 0.782. The zero-order valence-electron chi connectivity index (χ0n) is 13.6. The predicted molar refractivity (Wildman–Crippen MR) is 94.7 cm³/mol. The molecule has 1 heterocycles. The predicted octanol–water partition coefficient (Wildman–Crippen LogP) is 3.10. The molecule has 1 aromatic rings. The molecule has 1 fully saturated rings. The van der Waals surface area contributed by atoms with Crippen molar-refractivity contribution in [2.75, 3.05) is 18.5 Å². The van der Waals surface area contributed by atoms with Crippen LogP contribution in [0.1, 0.15) is 33.1 Å². The molecule has 1 amide bonds. The van der Waals surface area contributed by atoms with Crippen LogP contribution in [0.4, 0.5) is 5.69 Å². The van der Waals surface area contributed by atoms with Crippen molar-refractivity contribution in [3.63, 3.8) is 0 Å². The van der Waals surface area contributed by atoms with Crippen LogP contribution >= 0.6 is 12.2 Å². The van der Waals surface area contributed by atoms with Crippen LogP contribution < -0.4 is 15.4 Å². The Morgan fingerprint density at radius 2 is 2.30 bits per heavy atom. The number of rotatable bonds is 6. The quantitative estimate of drug-likeness (QED) is 0.782. The van der Waals surface area contributed by atoms with Crippen LogP contribution in [0.3, 0.4) is 0 Å². The summed E-state index contributed by atoms with van der Waals surface area (Å²) in [5.74, 6) is 0.970. The van der Waals surface area contributed by atoms with Gasteiger partial charge in [-0.2, -0.15) is 0 Å². The monoisotopic (exact) mass is 336 g/mol. The number of amides is 1. The molecule has 1 unspecified atom stereocenters. The Balaban J connectivity index is 1.81. The van der Waals surface area contributed by atoms with Crippen LogP contribution in [0.2, 0.25) is 0 Å². The fourth-order valence-electron chi connectivity index (χ4n) is 2.34. The Labute approximate surface area is 142 Å². The lowest BCUT2D eigenvalue weighted by atomic mass is 10.1. The Morgan fingerprint density at radius 1 is 1.48 bits per heavy atom. The van der Waals surface area contributed by atoms with E-state index in [9.17, 15) is 4.79 Å². The number of benzene rings is 1. The summed E-state index contributed by atoms with van der Waals surface area (Å²) in [6.07, 6.45) is 2.78. The molecule has 0 aromatic heterocycles. The fraction of sp³-hybridized carbons (Fsp3) is 0.529. The highest BCUT2D eigenvalue weighted by Crippen LogP contribution is 2.19. The van der Waals surface area contributed by atoms with E-state index < -0.39 is 0 Å². The second-order valence-corrected chi connectivity index (χ2v) is 6.48. The third-order valence-electron chi connectivity index (χ3n) is 3.40. The molecule has 1 atom stereocenters. The Hall–Kier alpha value is -1.66. The number of carbonyl (C=O) groups is 1.